The van der Waals surface area contributed by atoms with Gasteiger partial charge in [-0.1, -0.05) is 12.1 Å². The molecule has 1 atom stereocenters. The highest BCUT2D eigenvalue weighted by Gasteiger charge is 2.19. The molecule has 1 rings (SSSR count). The highest BCUT2D eigenvalue weighted by Crippen LogP contribution is 2.03. The Labute approximate surface area is 137 Å². The fourth-order valence-corrected chi connectivity index (χ4v) is 2.20. The third kappa shape index (κ3) is 7.50. The number of amides is 4. The number of rotatable bonds is 7. The maximum Gasteiger partial charge on any atom is 0.312 e. The van der Waals surface area contributed by atoms with E-state index in [1.165, 1.54) is 36.0 Å². The number of halogens is 1. The molecular weight excluding hydrogens is 323 g/mol. The maximum atomic E-state index is 12.8. The number of hydrazine groups is 1. The van der Waals surface area contributed by atoms with Gasteiger partial charge in [0.1, 0.15) is 11.9 Å². The van der Waals surface area contributed by atoms with Crippen LogP contribution >= 0.6 is 11.8 Å². The summed E-state index contributed by atoms with van der Waals surface area (Å²) in [5, 5.41) is 2.31. The van der Waals surface area contributed by atoms with E-state index in [2.05, 4.69) is 16.2 Å². The number of thioether (sulfide) groups is 1. The van der Waals surface area contributed by atoms with Crippen LogP contribution in [0.25, 0.3) is 0 Å². The smallest absolute Gasteiger partial charge is 0.312 e. The van der Waals surface area contributed by atoms with E-state index in [1.54, 1.807) is 0 Å². The Morgan fingerprint density at radius 1 is 1.22 bits per heavy atom. The van der Waals surface area contributed by atoms with Gasteiger partial charge in [0.2, 0.25) is 5.91 Å². The van der Waals surface area contributed by atoms with Crippen molar-refractivity contribution in [2.45, 2.75) is 18.9 Å². The number of carbonyl (C=O) groups is 3. The summed E-state index contributed by atoms with van der Waals surface area (Å²) in [5.41, 5.74) is 10.1. The number of hydrogen-bond acceptors (Lipinski definition) is 4. The standard InChI is InChI=1S/C14H19FN4O3S/c1-23-7-6-11(17-14(16)22)13(21)19-18-12(20)8-9-2-4-10(15)5-3-9/h2-5,11H,6-8H2,1H3,(H,18,20)(H,19,21)(H3,16,17,22)/t11-/m1/s1. The number of nitrogens with two attached hydrogens (primary N) is 1. The molecule has 4 amide bonds. The number of benzene rings is 1. The summed E-state index contributed by atoms with van der Waals surface area (Å²) in [6.07, 6.45) is 2.23. The number of primary amides is 1. The molecule has 5 N–H and O–H groups in total. The first-order chi connectivity index (χ1) is 10.9. The molecule has 0 bridgehead atoms. The van der Waals surface area contributed by atoms with Gasteiger partial charge in [0.05, 0.1) is 6.42 Å². The van der Waals surface area contributed by atoms with Crippen molar-refractivity contribution in [2.75, 3.05) is 12.0 Å². The molecule has 0 aliphatic heterocycles. The summed E-state index contributed by atoms with van der Waals surface area (Å²) in [5.74, 6) is -0.781. The van der Waals surface area contributed by atoms with E-state index in [4.69, 9.17) is 5.73 Å². The van der Waals surface area contributed by atoms with Gasteiger partial charge in [-0.15, -0.1) is 0 Å². The largest absolute Gasteiger partial charge is 0.352 e. The maximum absolute atomic E-state index is 12.8. The van der Waals surface area contributed by atoms with Crippen molar-refractivity contribution in [3.8, 4) is 0 Å². The summed E-state index contributed by atoms with van der Waals surface area (Å²) in [6, 6.07) is 3.81. The molecule has 0 aromatic heterocycles. The Kier molecular flexibility index (Phi) is 7.89. The first kappa shape index (κ1) is 18.8. The minimum atomic E-state index is -0.828. The molecule has 7 nitrogen and oxygen atoms in total. The average molecular weight is 342 g/mol. The van der Waals surface area contributed by atoms with E-state index in [-0.39, 0.29) is 6.42 Å². The minimum Gasteiger partial charge on any atom is -0.352 e. The van der Waals surface area contributed by atoms with Gasteiger partial charge in [0.15, 0.2) is 0 Å². The van der Waals surface area contributed by atoms with Crippen molar-refractivity contribution >= 4 is 29.6 Å². The normalized spacial score (nSPS) is 11.4. The van der Waals surface area contributed by atoms with Crippen molar-refractivity contribution in [2.24, 2.45) is 5.73 Å². The second kappa shape index (κ2) is 9.67. The molecule has 1 aromatic rings. The second-order valence-corrected chi connectivity index (χ2v) is 5.67. The van der Waals surface area contributed by atoms with E-state index in [1.807, 2.05) is 6.26 Å². The lowest BCUT2D eigenvalue weighted by atomic mass is 10.1. The third-order valence-corrected chi connectivity index (χ3v) is 3.49. The molecule has 0 aliphatic carbocycles. The van der Waals surface area contributed by atoms with E-state index in [0.29, 0.717) is 17.7 Å². The van der Waals surface area contributed by atoms with Gasteiger partial charge >= 0.3 is 6.03 Å². The van der Waals surface area contributed by atoms with Crippen LogP contribution in [-0.4, -0.2) is 35.9 Å². The summed E-state index contributed by atoms with van der Waals surface area (Å²) in [6.45, 7) is 0. The summed E-state index contributed by atoms with van der Waals surface area (Å²) in [7, 11) is 0. The highest BCUT2D eigenvalue weighted by molar-refractivity contribution is 7.98. The third-order valence-electron chi connectivity index (χ3n) is 2.85. The molecule has 23 heavy (non-hydrogen) atoms. The monoisotopic (exact) mass is 342 g/mol. The number of carbonyl (C=O) groups excluding carboxylic acids is 3. The second-order valence-electron chi connectivity index (χ2n) is 4.68. The van der Waals surface area contributed by atoms with Crippen molar-refractivity contribution in [1.29, 1.82) is 0 Å². The Bertz CT molecular complexity index is 553. The lowest BCUT2D eigenvalue weighted by molar-refractivity contribution is -0.129. The lowest BCUT2D eigenvalue weighted by Crippen LogP contribution is -2.53. The average Bonchev–Trinajstić information content (AvgIpc) is 2.51. The van der Waals surface area contributed by atoms with E-state index >= 15 is 0 Å². The van der Waals surface area contributed by atoms with Crippen LogP contribution < -0.4 is 21.9 Å². The first-order valence-corrected chi connectivity index (χ1v) is 8.19. The fourth-order valence-electron chi connectivity index (χ4n) is 1.73. The molecule has 9 heteroatoms. The molecule has 0 fully saturated rings. The van der Waals surface area contributed by atoms with E-state index in [0.717, 1.165) is 0 Å². The van der Waals surface area contributed by atoms with Crippen LogP contribution in [0.3, 0.4) is 0 Å². The lowest BCUT2D eigenvalue weighted by Gasteiger charge is -2.17. The molecule has 0 radical (unpaired) electrons. The number of hydrogen-bond donors (Lipinski definition) is 4. The molecular formula is C14H19FN4O3S. The van der Waals surface area contributed by atoms with Crippen LogP contribution in [-0.2, 0) is 16.0 Å². The molecule has 0 saturated carbocycles. The van der Waals surface area contributed by atoms with Crippen molar-refractivity contribution in [3.05, 3.63) is 35.6 Å². The molecule has 1 aromatic carbocycles. The zero-order chi connectivity index (χ0) is 17.2. The molecule has 126 valence electrons. The summed E-state index contributed by atoms with van der Waals surface area (Å²) in [4.78, 5) is 34.5. The zero-order valence-electron chi connectivity index (χ0n) is 12.6. The van der Waals surface area contributed by atoms with Crippen LogP contribution in [0.5, 0.6) is 0 Å². The SMILES string of the molecule is CSCC[C@@H](NC(N)=O)C(=O)NNC(=O)Cc1ccc(F)cc1. The van der Waals surface area contributed by atoms with Gasteiger partial charge in [0.25, 0.3) is 5.91 Å². The van der Waals surface area contributed by atoms with Crippen molar-refractivity contribution in [1.82, 2.24) is 16.2 Å². The van der Waals surface area contributed by atoms with Gasteiger partial charge in [0, 0.05) is 0 Å². The quantitative estimate of drug-likeness (QED) is 0.534. The zero-order valence-corrected chi connectivity index (χ0v) is 13.4. The summed E-state index contributed by atoms with van der Waals surface area (Å²) >= 11 is 1.51. The van der Waals surface area contributed by atoms with Crippen molar-refractivity contribution in [3.63, 3.8) is 0 Å². The van der Waals surface area contributed by atoms with Gasteiger partial charge in [-0.25, -0.2) is 9.18 Å². The molecule has 0 saturated heterocycles. The molecule has 0 spiro atoms. The molecule has 0 unspecified atom stereocenters. The van der Waals surface area contributed by atoms with Crippen LogP contribution in [0.15, 0.2) is 24.3 Å². The first-order valence-electron chi connectivity index (χ1n) is 6.80. The van der Waals surface area contributed by atoms with Gasteiger partial charge in [-0.2, -0.15) is 11.8 Å². The number of urea groups is 1. The fraction of sp³-hybridized carbons (Fsp3) is 0.357. The molecule has 0 heterocycles. The predicted molar refractivity (Wildman–Crippen MR) is 85.9 cm³/mol. The van der Waals surface area contributed by atoms with E-state index in [9.17, 15) is 18.8 Å². The Morgan fingerprint density at radius 3 is 2.43 bits per heavy atom. The highest BCUT2D eigenvalue weighted by atomic mass is 32.2. The van der Waals surface area contributed by atoms with Crippen LogP contribution in [0, 0.1) is 5.82 Å². The van der Waals surface area contributed by atoms with Gasteiger partial charge < -0.3 is 11.1 Å². The van der Waals surface area contributed by atoms with Crippen LogP contribution in [0.4, 0.5) is 9.18 Å². The summed E-state index contributed by atoms with van der Waals surface area (Å²) < 4.78 is 12.8. The van der Waals surface area contributed by atoms with Gasteiger partial charge in [-0.3, -0.25) is 20.4 Å². The Balaban J connectivity index is 2.46. The minimum absolute atomic E-state index is 0.0146. The predicted octanol–water partition coefficient (Wildman–Crippen LogP) is 0.306. The topological polar surface area (TPSA) is 113 Å². The number of nitrogens with one attached hydrogen (secondary N) is 3. The van der Waals surface area contributed by atoms with E-state index < -0.39 is 29.7 Å². The Hall–Kier alpha value is -2.29. The van der Waals surface area contributed by atoms with Crippen LogP contribution in [0.2, 0.25) is 0 Å². The van der Waals surface area contributed by atoms with Crippen LogP contribution in [0.1, 0.15) is 12.0 Å². The molecule has 0 aliphatic rings. The Morgan fingerprint density at radius 2 is 1.87 bits per heavy atom. The van der Waals surface area contributed by atoms with Crippen molar-refractivity contribution < 1.29 is 18.8 Å². The van der Waals surface area contributed by atoms with Gasteiger partial charge in [-0.05, 0) is 36.1 Å².